The molecule has 25 heavy (non-hydrogen) atoms. The van der Waals surface area contributed by atoms with Crippen molar-refractivity contribution in [1.82, 2.24) is 5.32 Å². The van der Waals surface area contributed by atoms with Crippen molar-refractivity contribution in [3.63, 3.8) is 0 Å². The third-order valence-electron chi connectivity index (χ3n) is 3.48. The summed E-state index contributed by atoms with van der Waals surface area (Å²) in [5, 5.41) is 11.7. The molecule has 0 spiro atoms. The van der Waals surface area contributed by atoms with Gasteiger partial charge < -0.3 is 14.8 Å². The summed E-state index contributed by atoms with van der Waals surface area (Å²) in [6.07, 6.45) is 0. The van der Waals surface area contributed by atoms with Gasteiger partial charge in [0.2, 0.25) is 0 Å². The molecule has 130 valence electrons. The Morgan fingerprint density at radius 2 is 1.92 bits per heavy atom. The average Bonchev–Trinajstić information content (AvgIpc) is 2.61. The molecule has 0 aliphatic carbocycles. The molecule has 0 heterocycles. The number of nitrogens with zero attached hydrogens (tertiary/aromatic N) is 1. The number of rotatable bonds is 7. The van der Waals surface area contributed by atoms with Gasteiger partial charge in [0.05, 0.1) is 24.3 Å². The normalized spacial score (nSPS) is 11.3. The Morgan fingerprint density at radius 3 is 2.56 bits per heavy atom. The second-order valence-corrected chi connectivity index (χ2v) is 5.34. The Balaban J connectivity index is 1.95. The summed E-state index contributed by atoms with van der Waals surface area (Å²) in [5.41, 5.74) is 1.24. The minimum Gasteiger partial charge on any atom is -0.490 e. The molecule has 0 radical (unpaired) electrons. The quantitative estimate of drug-likeness (QED) is 0.837. The summed E-state index contributed by atoms with van der Waals surface area (Å²) in [7, 11) is 0. The maximum absolute atomic E-state index is 12.9. The number of hydrogen-bond acceptors (Lipinski definition) is 4. The summed E-state index contributed by atoms with van der Waals surface area (Å²) < 4.78 is 23.9. The van der Waals surface area contributed by atoms with Crippen LogP contribution < -0.4 is 14.8 Å². The Hall–Kier alpha value is -3.07. The van der Waals surface area contributed by atoms with Crippen LogP contribution in [0.1, 0.15) is 31.0 Å². The lowest BCUT2D eigenvalue weighted by atomic mass is 10.1. The SMILES string of the molecule is CCOc1cc(C#N)ccc1OCC(=O)NC(C)c1ccc(F)cc1. The highest BCUT2D eigenvalue weighted by Crippen LogP contribution is 2.28. The van der Waals surface area contributed by atoms with Gasteiger partial charge in [-0.15, -0.1) is 0 Å². The molecule has 1 amide bonds. The van der Waals surface area contributed by atoms with Crippen molar-refractivity contribution in [3.05, 3.63) is 59.4 Å². The molecule has 2 rings (SSSR count). The van der Waals surface area contributed by atoms with Crippen LogP contribution in [-0.2, 0) is 4.79 Å². The molecule has 2 aromatic rings. The van der Waals surface area contributed by atoms with E-state index in [0.717, 1.165) is 5.56 Å². The van der Waals surface area contributed by atoms with Crippen LogP contribution in [0.5, 0.6) is 11.5 Å². The zero-order valence-corrected chi connectivity index (χ0v) is 14.1. The van der Waals surface area contributed by atoms with Crippen molar-refractivity contribution in [2.75, 3.05) is 13.2 Å². The fourth-order valence-corrected chi connectivity index (χ4v) is 2.23. The van der Waals surface area contributed by atoms with E-state index in [4.69, 9.17) is 14.7 Å². The van der Waals surface area contributed by atoms with Crippen LogP contribution in [0.25, 0.3) is 0 Å². The minimum absolute atomic E-state index is 0.197. The van der Waals surface area contributed by atoms with E-state index in [-0.39, 0.29) is 24.4 Å². The van der Waals surface area contributed by atoms with Crippen molar-refractivity contribution in [2.24, 2.45) is 0 Å². The summed E-state index contributed by atoms with van der Waals surface area (Å²) in [6, 6.07) is 12.4. The fraction of sp³-hybridized carbons (Fsp3) is 0.263. The lowest BCUT2D eigenvalue weighted by Crippen LogP contribution is -2.31. The first-order valence-electron chi connectivity index (χ1n) is 7.88. The molecule has 5 nitrogen and oxygen atoms in total. The molecule has 0 saturated heterocycles. The second-order valence-electron chi connectivity index (χ2n) is 5.34. The largest absolute Gasteiger partial charge is 0.490 e. The van der Waals surface area contributed by atoms with Gasteiger partial charge in [-0.3, -0.25) is 4.79 Å². The topological polar surface area (TPSA) is 71.3 Å². The van der Waals surface area contributed by atoms with Crippen LogP contribution in [0, 0.1) is 17.1 Å². The van der Waals surface area contributed by atoms with Crippen LogP contribution in [0.3, 0.4) is 0 Å². The number of ether oxygens (including phenoxy) is 2. The maximum atomic E-state index is 12.9. The summed E-state index contributed by atoms with van der Waals surface area (Å²) >= 11 is 0. The van der Waals surface area contributed by atoms with Crippen LogP contribution in [0.15, 0.2) is 42.5 Å². The monoisotopic (exact) mass is 342 g/mol. The van der Waals surface area contributed by atoms with E-state index in [0.29, 0.717) is 23.7 Å². The minimum atomic E-state index is -0.324. The molecule has 0 aliphatic heterocycles. The first-order chi connectivity index (χ1) is 12.0. The predicted molar refractivity (Wildman–Crippen MR) is 90.8 cm³/mol. The maximum Gasteiger partial charge on any atom is 0.258 e. The number of nitrogens with one attached hydrogen (secondary N) is 1. The Labute approximate surface area is 146 Å². The standard InChI is InChI=1S/C19H19FN2O3/c1-3-24-18-10-14(11-21)4-9-17(18)25-12-19(23)22-13(2)15-5-7-16(20)8-6-15/h4-10,13H,3,12H2,1-2H3,(H,22,23). The van der Waals surface area contributed by atoms with E-state index >= 15 is 0 Å². The fourth-order valence-electron chi connectivity index (χ4n) is 2.23. The van der Waals surface area contributed by atoms with E-state index in [1.807, 2.05) is 13.0 Å². The van der Waals surface area contributed by atoms with Crippen molar-refractivity contribution in [3.8, 4) is 17.6 Å². The van der Waals surface area contributed by atoms with Crippen LogP contribution in [0.2, 0.25) is 0 Å². The second kappa shape index (κ2) is 8.69. The average molecular weight is 342 g/mol. The number of amides is 1. The molecule has 1 unspecified atom stereocenters. The number of carbonyl (C=O) groups excluding carboxylic acids is 1. The van der Waals surface area contributed by atoms with E-state index in [1.165, 1.54) is 12.1 Å². The number of hydrogen-bond donors (Lipinski definition) is 1. The van der Waals surface area contributed by atoms with Gasteiger partial charge in [-0.2, -0.15) is 5.26 Å². The molecule has 0 aromatic heterocycles. The van der Waals surface area contributed by atoms with E-state index < -0.39 is 0 Å². The Morgan fingerprint density at radius 1 is 1.20 bits per heavy atom. The molecular weight excluding hydrogens is 323 g/mol. The zero-order valence-electron chi connectivity index (χ0n) is 14.1. The van der Waals surface area contributed by atoms with Gasteiger partial charge in [0, 0.05) is 6.07 Å². The summed E-state index contributed by atoms with van der Waals surface area (Å²) in [5.74, 6) is 0.171. The molecule has 0 saturated carbocycles. The Bertz CT molecular complexity index is 769. The van der Waals surface area contributed by atoms with Crippen molar-refractivity contribution < 1.29 is 18.7 Å². The van der Waals surface area contributed by atoms with Crippen LogP contribution >= 0.6 is 0 Å². The lowest BCUT2D eigenvalue weighted by molar-refractivity contribution is -0.123. The third kappa shape index (κ3) is 5.21. The molecule has 1 atom stereocenters. The third-order valence-corrected chi connectivity index (χ3v) is 3.48. The van der Waals surface area contributed by atoms with Gasteiger partial charge in [0.15, 0.2) is 18.1 Å². The number of nitriles is 1. The summed E-state index contributed by atoms with van der Waals surface area (Å²) in [6.45, 7) is 3.84. The van der Waals surface area contributed by atoms with Crippen molar-refractivity contribution in [2.45, 2.75) is 19.9 Å². The molecule has 2 aromatic carbocycles. The van der Waals surface area contributed by atoms with E-state index in [1.54, 1.807) is 37.3 Å². The first-order valence-corrected chi connectivity index (χ1v) is 7.88. The zero-order chi connectivity index (χ0) is 18.2. The lowest BCUT2D eigenvalue weighted by Gasteiger charge is -2.16. The van der Waals surface area contributed by atoms with Crippen molar-refractivity contribution >= 4 is 5.91 Å². The highest BCUT2D eigenvalue weighted by Gasteiger charge is 2.12. The number of carbonyl (C=O) groups is 1. The summed E-state index contributed by atoms with van der Waals surface area (Å²) in [4.78, 5) is 12.1. The highest BCUT2D eigenvalue weighted by molar-refractivity contribution is 5.78. The smallest absolute Gasteiger partial charge is 0.258 e. The van der Waals surface area contributed by atoms with E-state index in [9.17, 15) is 9.18 Å². The molecule has 0 bridgehead atoms. The number of halogens is 1. The highest BCUT2D eigenvalue weighted by atomic mass is 19.1. The van der Waals surface area contributed by atoms with Gasteiger partial charge in [0.1, 0.15) is 5.82 Å². The van der Waals surface area contributed by atoms with Crippen molar-refractivity contribution in [1.29, 1.82) is 5.26 Å². The number of benzene rings is 2. The van der Waals surface area contributed by atoms with Gasteiger partial charge >= 0.3 is 0 Å². The van der Waals surface area contributed by atoms with Gasteiger partial charge in [-0.25, -0.2) is 4.39 Å². The molecule has 1 N–H and O–H groups in total. The molecule has 0 aliphatic rings. The van der Waals surface area contributed by atoms with Gasteiger partial charge in [-0.1, -0.05) is 12.1 Å². The van der Waals surface area contributed by atoms with Crippen LogP contribution in [0.4, 0.5) is 4.39 Å². The first kappa shape index (κ1) is 18.3. The van der Waals surface area contributed by atoms with Crippen LogP contribution in [-0.4, -0.2) is 19.1 Å². The van der Waals surface area contributed by atoms with Gasteiger partial charge in [0.25, 0.3) is 5.91 Å². The van der Waals surface area contributed by atoms with Gasteiger partial charge in [-0.05, 0) is 43.7 Å². The molecule has 0 fully saturated rings. The predicted octanol–water partition coefficient (Wildman–Crippen LogP) is 3.35. The Kier molecular flexibility index (Phi) is 6.35. The van der Waals surface area contributed by atoms with E-state index in [2.05, 4.69) is 5.32 Å². The molecular formula is C19H19FN2O3. The molecule has 6 heteroatoms.